The first-order valence-corrected chi connectivity index (χ1v) is 6.17. The van der Waals surface area contributed by atoms with Gasteiger partial charge in [-0.3, -0.25) is 0 Å². The summed E-state index contributed by atoms with van der Waals surface area (Å²) in [4.78, 5) is 13.2. The van der Waals surface area contributed by atoms with E-state index in [-0.39, 0.29) is 18.7 Å². The van der Waals surface area contributed by atoms with Crippen molar-refractivity contribution in [1.82, 2.24) is 10.2 Å². The largest absolute Gasteiger partial charge is 0.444 e. The van der Waals surface area contributed by atoms with Gasteiger partial charge < -0.3 is 25.2 Å². The van der Waals surface area contributed by atoms with Gasteiger partial charge in [0.1, 0.15) is 5.60 Å². The van der Waals surface area contributed by atoms with Crippen LogP contribution in [0.25, 0.3) is 0 Å². The van der Waals surface area contributed by atoms with Crippen molar-refractivity contribution in [3.8, 4) is 0 Å². The summed E-state index contributed by atoms with van der Waals surface area (Å²) < 4.78 is 5.23. The lowest BCUT2D eigenvalue weighted by atomic mass is 10.1. The first-order chi connectivity index (χ1) is 8.13. The van der Waals surface area contributed by atoms with Crippen molar-refractivity contribution in [1.29, 1.82) is 0 Å². The summed E-state index contributed by atoms with van der Waals surface area (Å²) in [6.07, 6.45) is -0.311. The molecule has 0 spiro atoms. The van der Waals surface area contributed by atoms with Crippen molar-refractivity contribution >= 4 is 6.09 Å². The van der Waals surface area contributed by atoms with Crippen LogP contribution in [0.5, 0.6) is 0 Å². The lowest BCUT2D eigenvalue weighted by Crippen LogP contribution is -2.62. The highest BCUT2D eigenvalue weighted by Gasteiger charge is 2.34. The number of carbonyl (C=O) groups excluding carboxylic acids is 1. The lowest BCUT2D eigenvalue weighted by Gasteiger charge is -2.41. The number of amides is 1. The summed E-state index contributed by atoms with van der Waals surface area (Å²) in [5, 5.41) is 21.6. The highest BCUT2D eigenvalue weighted by Crippen LogP contribution is 2.15. The first-order valence-electron chi connectivity index (χ1n) is 6.17. The summed E-state index contributed by atoms with van der Waals surface area (Å²) in [6.45, 7) is 8.20. The topological polar surface area (TPSA) is 82.0 Å². The fourth-order valence-corrected chi connectivity index (χ4v) is 1.50. The molecule has 6 nitrogen and oxygen atoms in total. The first kappa shape index (κ1) is 15.2. The molecule has 0 aromatic heterocycles. The maximum Gasteiger partial charge on any atom is 0.410 e. The number of nitrogens with one attached hydrogen (secondary N) is 1. The Morgan fingerprint density at radius 1 is 1.39 bits per heavy atom. The van der Waals surface area contributed by atoms with Crippen LogP contribution in [0.3, 0.4) is 0 Å². The van der Waals surface area contributed by atoms with E-state index in [9.17, 15) is 9.90 Å². The Morgan fingerprint density at radius 2 is 1.94 bits per heavy atom. The third-order valence-electron chi connectivity index (χ3n) is 2.65. The minimum atomic E-state index is -1.12. The van der Waals surface area contributed by atoms with Gasteiger partial charge in [-0.2, -0.15) is 0 Å². The zero-order valence-electron chi connectivity index (χ0n) is 11.6. The number of hydrogen-bond donors (Lipinski definition) is 3. The molecule has 0 aromatic rings. The van der Waals surface area contributed by atoms with Crippen molar-refractivity contribution in [2.75, 3.05) is 26.2 Å². The lowest BCUT2D eigenvalue weighted by molar-refractivity contribution is -0.0134. The fourth-order valence-electron chi connectivity index (χ4n) is 1.50. The number of nitrogens with zero attached hydrogens (tertiary/aromatic N) is 1. The fraction of sp³-hybridized carbons (Fsp3) is 0.917. The van der Waals surface area contributed by atoms with Gasteiger partial charge in [-0.05, 0) is 27.7 Å². The second-order valence-electron chi connectivity index (χ2n) is 6.12. The Balaban J connectivity index is 2.22. The molecular formula is C12H24N2O4. The van der Waals surface area contributed by atoms with E-state index >= 15 is 0 Å². The third kappa shape index (κ3) is 4.80. The highest BCUT2D eigenvalue weighted by atomic mass is 16.6. The van der Waals surface area contributed by atoms with Gasteiger partial charge in [0.25, 0.3) is 0 Å². The second kappa shape index (κ2) is 5.42. The summed E-state index contributed by atoms with van der Waals surface area (Å²) >= 11 is 0. The summed E-state index contributed by atoms with van der Waals surface area (Å²) in [5.74, 6) is 0. The zero-order chi connectivity index (χ0) is 14.0. The van der Waals surface area contributed by atoms with Crippen LogP contribution in [0, 0.1) is 0 Å². The van der Waals surface area contributed by atoms with E-state index in [2.05, 4.69) is 5.32 Å². The second-order valence-corrected chi connectivity index (χ2v) is 6.12. The number of aliphatic hydroxyl groups is 2. The monoisotopic (exact) mass is 260 g/mol. The van der Waals surface area contributed by atoms with Gasteiger partial charge >= 0.3 is 6.09 Å². The number of aliphatic hydroxyl groups excluding tert-OH is 1. The molecule has 1 heterocycles. The van der Waals surface area contributed by atoms with Gasteiger partial charge in [0.15, 0.2) is 0 Å². The smallest absolute Gasteiger partial charge is 0.410 e. The maximum atomic E-state index is 11.6. The molecule has 0 bridgehead atoms. The normalized spacial score (nSPS) is 20.2. The molecule has 3 N–H and O–H groups in total. The van der Waals surface area contributed by atoms with Crippen LogP contribution in [-0.2, 0) is 4.74 Å². The Hall–Kier alpha value is -0.850. The molecule has 0 aliphatic carbocycles. The van der Waals surface area contributed by atoms with Crippen LogP contribution < -0.4 is 5.32 Å². The molecule has 1 rings (SSSR count). The van der Waals surface area contributed by atoms with E-state index in [4.69, 9.17) is 9.84 Å². The number of likely N-dealkylation sites (tertiary alicyclic amines) is 1. The molecule has 1 amide bonds. The van der Waals surface area contributed by atoms with Crippen LogP contribution in [0.2, 0.25) is 0 Å². The SMILES string of the molecule is CC(O)(CO)CNC1CN(C(=O)OC(C)(C)C)C1. The number of carbonyl (C=O) groups is 1. The summed E-state index contributed by atoms with van der Waals surface area (Å²) in [5.41, 5.74) is -1.59. The van der Waals surface area contributed by atoms with Crippen LogP contribution in [0.15, 0.2) is 0 Å². The molecule has 18 heavy (non-hydrogen) atoms. The molecule has 1 saturated heterocycles. The summed E-state index contributed by atoms with van der Waals surface area (Å²) in [6, 6.07) is 0.149. The predicted molar refractivity (Wildman–Crippen MR) is 67.3 cm³/mol. The van der Waals surface area contributed by atoms with Crippen LogP contribution in [0.1, 0.15) is 27.7 Å². The Morgan fingerprint density at radius 3 is 2.39 bits per heavy atom. The maximum absolute atomic E-state index is 11.6. The van der Waals surface area contributed by atoms with Crippen molar-refractivity contribution in [2.24, 2.45) is 0 Å². The molecule has 0 aromatic carbocycles. The molecular weight excluding hydrogens is 236 g/mol. The number of ether oxygens (including phenoxy) is 1. The van der Waals surface area contributed by atoms with Gasteiger partial charge in [-0.15, -0.1) is 0 Å². The van der Waals surface area contributed by atoms with Crippen molar-refractivity contribution in [2.45, 2.75) is 44.9 Å². The van der Waals surface area contributed by atoms with Gasteiger partial charge in [-0.1, -0.05) is 0 Å². The molecule has 0 saturated carbocycles. The van der Waals surface area contributed by atoms with Gasteiger partial charge in [0.05, 0.1) is 12.2 Å². The van der Waals surface area contributed by atoms with Gasteiger partial charge in [0.2, 0.25) is 0 Å². The molecule has 106 valence electrons. The van der Waals surface area contributed by atoms with E-state index in [1.165, 1.54) is 0 Å². The number of hydrogen-bond acceptors (Lipinski definition) is 5. The quantitative estimate of drug-likeness (QED) is 0.659. The average molecular weight is 260 g/mol. The van der Waals surface area contributed by atoms with E-state index in [1.54, 1.807) is 11.8 Å². The molecule has 1 unspecified atom stereocenters. The van der Waals surface area contributed by atoms with E-state index in [0.717, 1.165) is 0 Å². The Bertz CT molecular complexity index is 293. The zero-order valence-corrected chi connectivity index (χ0v) is 11.6. The van der Waals surface area contributed by atoms with Gasteiger partial charge in [0, 0.05) is 25.7 Å². The molecule has 1 atom stereocenters. The Kier molecular flexibility index (Phi) is 4.58. The number of rotatable bonds is 4. The van der Waals surface area contributed by atoms with E-state index in [1.807, 2.05) is 20.8 Å². The van der Waals surface area contributed by atoms with E-state index < -0.39 is 11.2 Å². The van der Waals surface area contributed by atoms with Crippen molar-refractivity contribution in [3.05, 3.63) is 0 Å². The minimum absolute atomic E-state index is 0.149. The third-order valence-corrected chi connectivity index (χ3v) is 2.65. The standard InChI is InChI=1S/C12H24N2O4/c1-11(2,3)18-10(16)14-5-9(6-14)13-7-12(4,17)8-15/h9,13,15,17H,5-8H2,1-4H3. The molecule has 1 fully saturated rings. The molecule has 1 aliphatic heterocycles. The highest BCUT2D eigenvalue weighted by molar-refractivity contribution is 5.69. The Labute approximate surface area is 108 Å². The average Bonchev–Trinajstić information content (AvgIpc) is 2.12. The van der Waals surface area contributed by atoms with Crippen LogP contribution >= 0.6 is 0 Å². The minimum Gasteiger partial charge on any atom is -0.444 e. The molecule has 0 radical (unpaired) electrons. The predicted octanol–water partition coefficient (Wildman–Crippen LogP) is -0.0614. The molecule has 1 aliphatic rings. The van der Waals surface area contributed by atoms with Crippen LogP contribution in [0.4, 0.5) is 4.79 Å². The van der Waals surface area contributed by atoms with Crippen molar-refractivity contribution < 1.29 is 19.7 Å². The van der Waals surface area contributed by atoms with Crippen molar-refractivity contribution in [3.63, 3.8) is 0 Å². The summed E-state index contributed by atoms with van der Waals surface area (Å²) in [7, 11) is 0. The molecule has 6 heteroatoms. The van der Waals surface area contributed by atoms with Crippen LogP contribution in [-0.4, -0.2) is 64.7 Å². The van der Waals surface area contributed by atoms with Gasteiger partial charge in [-0.25, -0.2) is 4.79 Å². The van der Waals surface area contributed by atoms with E-state index in [0.29, 0.717) is 19.6 Å².